The molecule has 2 nitrogen and oxygen atoms in total. The summed E-state index contributed by atoms with van der Waals surface area (Å²) in [6.45, 7) is 2.19. The van der Waals surface area contributed by atoms with Crippen molar-refractivity contribution in [1.29, 1.82) is 0 Å². The molecule has 0 N–H and O–H groups in total. The second kappa shape index (κ2) is 8.11. The van der Waals surface area contributed by atoms with Gasteiger partial charge >= 0.3 is 5.97 Å². The molecule has 0 atom stereocenters. The summed E-state index contributed by atoms with van der Waals surface area (Å²) in [6, 6.07) is 10.0. The van der Waals surface area contributed by atoms with Crippen LogP contribution in [0.25, 0.3) is 6.08 Å². The van der Waals surface area contributed by atoms with E-state index in [1.165, 1.54) is 6.08 Å². The molecule has 0 unspecified atom stereocenters. The van der Waals surface area contributed by atoms with Gasteiger partial charge in [-0.25, -0.2) is 4.79 Å². The van der Waals surface area contributed by atoms with Gasteiger partial charge in [0.25, 0.3) is 0 Å². The van der Waals surface area contributed by atoms with Crippen molar-refractivity contribution in [1.82, 2.24) is 0 Å². The molecule has 0 saturated carbocycles. The van der Waals surface area contributed by atoms with Crippen LogP contribution in [0.5, 0.6) is 0 Å². The molecule has 0 aliphatic heterocycles. The largest absolute Gasteiger partial charge is 0.463 e. The molecule has 0 saturated heterocycles. The lowest BCUT2D eigenvalue weighted by molar-refractivity contribution is -0.137. The zero-order valence-corrected chi connectivity index (χ0v) is 9.87. The van der Waals surface area contributed by atoms with Gasteiger partial charge in [0.1, 0.15) is 0 Å². The second-order valence-corrected chi connectivity index (χ2v) is 3.27. The first-order valence-corrected chi connectivity index (χ1v) is 5.56. The van der Waals surface area contributed by atoms with Crippen LogP contribution in [0, 0.1) is 0 Å². The lowest BCUT2D eigenvalue weighted by Crippen LogP contribution is -1.98. The van der Waals surface area contributed by atoms with E-state index in [4.69, 9.17) is 4.74 Å². The number of carbonyl (C=O) groups is 1. The van der Waals surface area contributed by atoms with Gasteiger partial charge in [0.05, 0.1) is 6.61 Å². The predicted octanol–water partition coefficient (Wildman–Crippen LogP) is 3.38. The highest BCUT2D eigenvalue weighted by Gasteiger charge is 1.89. The van der Waals surface area contributed by atoms with Gasteiger partial charge in [0.2, 0.25) is 0 Å². The van der Waals surface area contributed by atoms with Crippen molar-refractivity contribution in [2.75, 3.05) is 6.61 Å². The van der Waals surface area contributed by atoms with Crippen LogP contribution in [-0.2, 0) is 9.53 Å². The maximum Gasteiger partial charge on any atom is 0.330 e. The number of allylic oxidation sites excluding steroid dienone is 4. The van der Waals surface area contributed by atoms with Crippen molar-refractivity contribution in [3.05, 3.63) is 66.3 Å². The summed E-state index contributed by atoms with van der Waals surface area (Å²) in [4.78, 5) is 10.9. The minimum Gasteiger partial charge on any atom is -0.463 e. The Morgan fingerprint density at radius 1 is 1.12 bits per heavy atom. The zero-order chi connectivity index (χ0) is 12.3. The van der Waals surface area contributed by atoms with Gasteiger partial charge in [-0.2, -0.15) is 0 Å². The summed E-state index contributed by atoms with van der Waals surface area (Å²) in [5.74, 6) is -0.316. The monoisotopic (exact) mass is 228 g/mol. The summed E-state index contributed by atoms with van der Waals surface area (Å²) in [5.41, 5.74) is 1.14. The molecule has 0 amide bonds. The van der Waals surface area contributed by atoms with E-state index in [0.717, 1.165) is 5.56 Å². The number of hydrogen-bond acceptors (Lipinski definition) is 2. The molecule has 0 aromatic heterocycles. The van der Waals surface area contributed by atoms with E-state index in [0.29, 0.717) is 6.61 Å². The van der Waals surface area contributed by atoms with Crippen molar-refractivity contribution in [3.63, 3.8) is 0 Å². The summed E-state index contributed by atoms with van der Waals surface area (Å²) in [7, 11) is 0. The number of benzene rings is 1. The molecule has 0 aliphatic carbocycles. The molecule has 2 heteroatoms. The molecule has 0 fully saturated rings. The normalized spacial score (nSPS) is 11.6. The zero-order valence-electron chi connectivity index (χ0n) is 9.87. The number of carbonyl (C=O) groups excluding carboxylic acids is 1. The van der Waals surface area contributed by atoms with E-state index in [2.05, 4.69) is 0 Å². The van der Waals surface area contributed by atoms with Crippen LogP contribution in [0.2, 0.25) is 0 Å². The Balaban J connectivity index is 2.36. The first kappa shape index (κ1) is 13.0. The van der Waals surface area contributed by atoms with Gasteiger partial charge in [-0.1, -0.05) is 60.7 Å². The molecule has 17 heavy (non-hydrogen) atoms. The summed E-state index contributed by atoms with van der Waals surface area (Å²) in [6.07, 6.45) is 10.6. The molecule has 0 spiro atoms. The van der Waals surface area contributed by atoms with Gasteiger partial charge in [-0.05, 0) is 12.5 Å². The lowest BCUT2D eigenvalue weighted by Gasteiger charge is -1.92. The average Bonchev–Trinajstić information content (AvgIpc) is 2.35. The predicted molar refractivity (Wildman–Crippen MR) is 70.4 cm³/mol. The topological polar surface area (TPSA) is 26.3 Å². The van der Waals surface area contributed by atoms with E-state index in [9.17, 15) is 4.79 Å². The smallest absolute Gasteiger partial charge is 0.330 e. The Bertz CT molecular complexity index is 414. The molecular formula is C15H16O2. The van der Waals surface area contributed by atoms with E-state index in [1.54, 1.807) is 19.1 Å². The molecule has 0 aliphatic rings. The second-order valence-electron chi connectivity index (χ2n) is 3.27. The van der Waals surface area contributed by atoms with Crippen molar-refractivity contribution < 1.29 is 9.53 Å². The lowest BCUT2D eigenvalue weighted by atomic mass is 10.2. The third-order valence-corrected chi connectivity index (χ3v) is 1.94. The molecule has 0 radical (unpaired) electrons. The fourth-order valence-corrected chi connectivity index (χ4v) is 1.18. The maximum atomic E-state index is 10.9. The molecule has 1 rings (SSSR count). The van der Waals surface area contributed by atoms with Crippen LogP contribution < -0.4 is 0 Å². The standard InChI is InChI=1S/C15H16O2/c1-2-17-15(16)13-9-4-3-6-10-14-11-7-5-8-12-14/h3-13H,2H2,1H3/b4-3+,10-6+,13-9+. The molecule has 88 valence electrons. The SMILES string of the molecule is CCOC(=O)/C=C/C=C/C=C/c1ccccc1. The quantitative estimate of drug-likeness (QED) is 0.439. The van der Waals surface area contributed by atoms with E-state index in [1.807, 2.05) is 48.6 Å². The Labute approximate surface area is 102 Å². The van der Waals surface area contributed by atoms with E-state index in [-0.39, 0.29) is 5.97 Å². The molecular weight excluding hydrogens is 212 g/mol. The van der Waals surface area contributed by atoms with E-state index >= 15 is 0 Å². The Morgan fingerprint density at radius 3 is 2.53 bits per heavy atom. The van der Waals surface area contributed by atoms with Crippen LogP contribution in [0.1, 0.15) is 12.5 Å². The fraction of sp³-hybridized carbons (Fsp3) is 0.133. The molecule has 0 heterocycles. The number of ether oxygens (including phenoxy) is 1. The van der Waals surface area contributed by atoms with Gasteiger partial charge in [0, 0.05) is 6.08 Å². The van der Waals surface area contributed by atoms with Crippen LogP contribution in [0.3, 0.4) is 0 Å². The number of hydrogen-bond donors (Lipinski definition) is 0. The van der Waals surface area contributed by atoms with Crippen molar-refractivity contribution in [2.45, 2.75) is 6.92 Å². The van der Waals surface area contributed by atoms with Gasteiger partial charge in [-0.3, -0.25) is 0 Å². The van der Waals surface area contributed by atoms with Gasteiger partial charge in [-0.15, -0.1) is 0 Å². The Morgan fingerprint density at radius 2 is 1.82 bits per heavy atom. The van der Waals surface area contributed by atoms with Crippen LogP contribution in [0.4, 0.5) is 0 Å². The third kappa shape index (κ3) is 6.15. The average molecular weight is 228 g/mol. The Kier molecular flexibility index (Phi) is 6.19. The maximum absolute atomic E-state index is 10.9. The van der Waals surface area contributed by atoms with Crippen LogP contribution in [0.15, 0.2) is 60.7 Å². The minimum absolute atomic E-state index is 0.316. The Hall–Kier alpha value is -2.09. The van der Waals surface area contributed by atoms with Crippen LogP contribution >= 0.6 is 0 Å². The fourth-order valence-electron chi connectivity index (χ4n) is 1.18. The van der Waals surface area contributed by atoms with Crippen LogP contribution in [-0.4, -0.2) is 12.6 Å². The van der Waals surface area contributed by atoms with Gasteiger partial charge < -0.3 is 4.74 Å². The first-order chi connectivity index (χ1) is 8.33. The number of esters is 1. The molecule has 1 aromatic rings. The van der Waals surface area contributed by atoms with Gasteiger partial charge in [0.15, 0.2) is 0 Å². The summed E-state index contributed by atoms with van der Waals surface area (Å²) < 4.78 is 4.74. The van der Waals surface area contributed by atoms with Crippen molar-refractivity contribution in [3.8, 4) is 0 Å². The summed E-state index contributed by atoms with van der Waals surface area (Å²) >= 11 is 0. The highest BCUT2D eigenvalue weighted by atomic mass is 16.5. The van der Waals surface area contributed by atoms with Crippen molar-refractivity contribution in [2.24, 2.45) is 0 Å². The van der Waals surface area contributed by atoms with E-state index < -0.39 is 0 Å². The first-order valence-electron chi connectivity index (χ1n) is 5.56. The minimum atomic E-state index is -0.316. The third-order valence-electron chi connectivity index (χ3n) is 1.94. The number of rotatable bonds is 5. The molecule has 1 aromatic carbocycles. The highest BCUT2D eigenvalue weighted by molar-refractivity contribution is 5.82. The molecule has 0 bridgehead atoms. The highest BCUT2D eigenvalue weighted by Crippen LogP contribution is 2.00. The summed E-state index contributed by atoms with van der Waals surface area (Å²) in [5, 5.41) is 0. The van der Waals surface area contributed by atoms with Crippen molar-refractivity contribution >= 4 is 12.0 Å².